The number of rotatable bonds is 8. The highest BCUT2D eigenvalue weighted by Crippen LogP contribution is 2.32. The number of aryl methyl sites for hydroxylation is 1. The molecular weight excluding hydrogens is 464 g/mol. The average molecular weight is 503 g/mol. The van der Waals surface area contributed by atoms with E-state index < -0.39 is 0 Å². The highest BCUT2D eigenvalue weighted by Gasteiger charge is 2.36. The molecule has 3 unspecified atom stereocenters. The molecule has 0 spiro atoms. The zero-order valence-corrected chi connectivity index (χ0v) is 21.4. The Morgan fingerprint density at radius 1 is 1.31 bits per heavy atom. The number of hydrogen-bond acceptors (Lipinski definition) is 10. The van der Waals surface area contributed by atoms with Crippen LogP contribution in [0.1, 0.15) is 58.1 Å². The molecule has 4 aliphatic rings. The molecule has 1 amide bonds. The maximum absolute atomic E-state index is 12.1. The van der Waals surface area contributed by atoms with E-state index in [9.17, 15) is 4.79 Å². The first kappa shape index (κ1) is 24.8. The van der Waals surface area contributed by atoms with E-state index in [4.69, 9.17) is 14.2 Å². The summed E-state index contributed by atoms with van der Waals surface area (Å²) < 4.78 is 18.9. The van der Waals surface area contributed by atoms with Gasteiger partial charge in [-0.15, -0.1) is 0 Å². The molecule has 1 aromatic rings. The van der Waals surface area contributed by atoms with Crippen molar-refractivity contribution in [3.63, 3.8) is 0 Å². The van der Waals surface area contributed by atoms with Crippen molar-refractivity contribution < 1.29 is 19.0 Å². The van der Waals surface area contributed by atoms with E-state index in [1.807, 2.05) is 25.6 Å². The summed E-state index contributed by atoms with van der Waals surface area (Å²) >= 11 is 0. The summed E-state index contributed by atoms with van der Waals surface area (Å²) in [5.74, 6) is 2.13. The maximum atomic E-state index is 12.1. The number of ether oxygens (including phenoxy) is 3. The van der Waals surface area contributed by atoms with Crippen molar-refractivity contribution in [1.29, 1.82) is 0 Å². The van der Waals surface area contributed by atoms with Gasteiger partial charge in [0.05, 0.1) is 25.4 Å². The van der Waals surface area contributed by atoms with Crippen LogP contribution in [-0.2, 0) is 27.9 Å². The predicted octanol–water partition coefficient (Wildman–Crippen LogP) is -0.0700. The van der Waals surface area contributed by atoms with E-state index >= 15 is 0 Å². The zero-order valence-electron chi connectivity index (χ0n) is 21.4. The summed E-state index contributed by atoms with van der Waals surface area (Å²) in [6.07, 6.45) is 5.10. The summed E-state index contributed by atoms with van der Waals surface area (Å²) in [5, 5.41) is 20.7. The maximum Gasteiger partial charge on any atom is 0.407 e. The number of aromatic nitrogens is 2. The number of nitrogens with one attached hydrogen (secondary N) is 4. The molecule has 0 aromatic carbocycles. The summed E-state index contributed by atoms with van der Waals surface area (Å²) in [5.41, 5.74) is 4.13. The number of hydrogen-bond donors (Lipinski definition) is 4. The van der Waals surface area contributed by atoms with Gasteiger partial charge in [-0.3, -0.25) is 9.67 Å². The lowest BCUT2D eigenvalue weighted by Gasteiger charge is -2.19. The summed E-state index contributed by atoms with van der Waals surface area (Å²) in [6, 6.07) is 0.341. The smallest absolute Gasteiger partial charge is 0.407 e. The first-order valence-electron chi connectivity index (χ1n) is 13.1. The third-order valence-electron chi connectivity index (χ3n) is 7.46. The molecule has 5 rings (SSSR count). The molecule has 5 atom stereocenters. The van der Waals surface area contributed by atoms with Crippen molar-refractivity contribution in [3.05, 3.63) is 16.4 Å². The van der Waals surface area contributed by atoms with Crippen LogP contribution >= 0.6 is 0 Å². The molecular formula is C24H38N8O4. The second-order valence-electron chi connectivity index (χ2n) is 10.1. The summed E-state index contributed by atoms with van der Waals surface area (Å²) in [6.45, 7) is 6.29. The normalized spacial score (nSPS) is 28.0. The fourth-order valence-corrected chi connectivity index (χ4v) is 5.23. The minimum atomic E-state index is -0.313. The van der Waals surface area contributed by atoms with Gasteiger partial charge in [-0.25, -0.2) is 4.79 Å². The van der Waals surface area contributed by atoms with Gasteiger partial charge in [0.1, 0.15) is 40.8 Å². The third-order valence-corrected chi connectivity index (χ3v) is 7.46. The molecule has 1 aromatic heterocycles. The number of carbonyl (C=O) groups excluding carboxylic acids is 1. The molecule has 0 radical (unpaired) electrons. The van der Waals surface area contributed by atoms with Crippen molar-refractivity contribution in [2.75, 3.05) is 19.9 Å². The topological polar surface area (TPSA) is 135 Å². The van der Waals surface area contributed by atoms with Gasteiger partial charge in [0.15, 0.2) is 0 Å². The highest BCUT2D eigenvalue weighted by atomic mass is 16.6. The van der Waals surface area contributed by atoms with Crippen molar-refractivity contribution >= 4 is 17.7 Å². The van der Waals surface area contributed by atoms with Gasteiger partial charge in [-0.05, 0) is 44.9 Å². The van der Waals surface area contributed by atoms with Crippen LogP contribution in [0.15, 0.2) is 10.1 Å². The van der Waals surface area contributed by atoms with E-state index in [0.717, 1.165) is 73.2 Å². The number of amidine groups is 1. The van der Waals surface area contributed by atoms with Crippen LogP contribution in [0.25, 0.3) is 5.82 Å². The number of nitrogens with zero attached hydrogens (tertiary/aromatic N) is 4. The first-order valence-corrected chi connectivity index (χ1v) is 13.1. The van der Waals surface area contributed by atoms with Gasteiger partial charge < -0.3 is 35.6 Å². The predicted molar refractivity (Wildman–Crippen MR) is 132 cm³/mol. The minimum Gasteiger partial charge on any atom is -0.446 e. The van der Waals surface area contributed by atoms with Gasteiger partial charge in [0.25, 0.3) is 0 Å². The molecule has 1 saturated heterocycles. The minimum absolute atomic E-state index is 0.0395. The Hall–Kier alpha value is -2.86. The van der Waals surface area contributed by atoms with Crippen LogP contribution in [0.2, 0.25) is 0 Å². The van der Waals surface area contributed by atoms with Crippen molar-refractivity contribution in [2.24, 2.45) is 23.1 Å². The average Bonchev–Trinajstić information content (AvgIpc) is 3.66. The SMILES string of the molecule is CCC(C)NC(=O)O[C@@H]1CC[C@H](C2CC(NC3=c4c(c(COC5CCOC5)nn4C)=NCN3)=NN2)C1. The van der Waals surface area contributed by atoms with Crippen LogP contribution < -0.4 is 32.1 Å². The Balaban J connectivity index is 1.17. The number of carbonyl (C=O) groups is 1. The second kappa shape index (κ2) is 11.0. The van der Waals surface area contributed by atoms with Gasteiger partial charge in [-0.1, -0.05) is 6.92 Å². The number of fused-ring (bicyclic) bond motifs is 1. The van der Waals surface area contributed by atoms with Crippen LogP contribution in [0.3, 0.4) is 0 Å². The summed E-state index contributed by atoms with van der Waals surface area (Å²) in [4.78, 5) is 16.7. The Labute approximate surface area is 210 Å². The Morgan fingerprint density at radius 2 is 2.19 bits per heavy atom. The monoisotopic (exact) mass is 502 g/mol. The Morgan fingerprint density at radius 3 is 3.00 bits per heavy atom. The van der Waals surface area contributed by atoms with E-state index in [-0.39, 0.29) is 30.4 Å². The molecule has 12 nitrogen and oxygen atoms in total. The molecule has 1 aliphatic carbocycles. The molecule has 3 aliphatic heterocycles. The van der Waals surface area contributed by atoms with Crippen LogP contribution in [0, 0.1) is 5.92 Å². The number of hydrazone groups is 1. The second-order valence-corrected chi connectivity index (χ2v) is 10.1. The van der Waals surface area contributed by atoms with E-state index in [2.05, 4.69) is 36.6 Å². The fourth-order valence-electron chi connectivity index (χ4n) is 5.23. The van der Waals surface area contributed by atoms with E-state index in [1.54, 1.807) is 0 Å². The zero-order chi connectivity index (χ0) is 25.1. The van der Waals surface area contributed by atoms with Gasteiger partial charge in [0, 0.05) is 26.1 Å². The third kappa shape index (κ3) is 5.59. The van der Waals surface area contributed by atoms with Crippen molar-refractivity contribution in [3.8, 4) is 0 Å². The molecule has 2 fully saturated rings. The van der Waals surface area contributed by atoms with Crippen LogP contribution in [0.5, 0.6) is 0 Å². The fraction of sp³-hybridized carbons (Fsp3) is 0.750. The first-order chi connectivity index (χ1) is 17.5. The quantitative estimate of drug-likeness (QED) is 0.388. The summed E-state index contributed by atoms with van der Waals surface area (Å²) in [7, 11) is 1.92. The standard InChI is InChI=1S/C24H38N8O4/c1-4-14(2)27-24(33)36-16-6-5-15(9-16)18-10-20(30-29-18)28-23-22-21(25-13-26-23)19(31-32(22)3)12-35-17-7-8-34-11-17/h14-18,26,29H,4-13H2,1-3H3,(H,27,33)(H,28,30)/t14?,15-,16+,17?,18?/m0/s1. The lowest BCUT2D eigenvalue weighted by atomic mass is 9.96. The molecule has 0 bridgehead atoms. The molecule has 4 N–H and O–H groups in total. The molecule has 4 heterocycles. The number of alkyl carbamates (subject to hydrolysis) is 1. The van der Waals surface area contributed by atoms with Gasteiger partial charge in [-0.2, -0.15) is 10.2 Å². The number of amides is 1. The van der Waals surface area contributed by atoms with Gasteiger partial charge in [0.2, 0.25) is 0 Å². The van der Waals surface area contributed by atoms with Gasteiger partial charge >= 0.3 is 6.09 Å². The molecule has 198 valence electrons. The van der Waals surface area contributed by atoms with Crippen molar-refractivity contribution in [1.82, 2.24) is 31.2 Å². The Kier molecular flexibility index (Phi) is 7.61. The van der Waals surface area contributed by atoms with Crippen LogP contribution in [0.4, 0.5) is 4.79 Å². The highest BCUT2D eigenvalue weighted by molar-refractivity contribution is 5.88. The van der Waals surface area contributed by atoms with E-state index in [1.165, 1.54) is 0 Å². The Bertz CT molecular complexity index is 1100. The van der Waals surface area contributed by atoms with Crippen LogP contribution in [-0.4, -0.2) is 65.9 Å². The van der Waals surface area contributed by atoms with E-state index in [0.29, 0.717) is 25.8 Å². The van der Waals surface area contributed by atoms with Crippen molar-refractivity contribution in [2.45, 2.75) is 83.3 Å². The molecule has 1 saturated carbocycles. The lowest BCUT2D eigenvalue weighted by Crippen LogP contribution is -2.47. The molecule has 36 heavy (non-hydrogen) atoms. The largest absolute Gasteiger partial charge is 0.446 e. The molecule has 12 heteroatoms. The lowest BCUT2D eigenvalue weighted by molar-refractivity contribution is 0.0295.